The molecule has 1 aliphatic carbocycles. The Kier molecular flexibility index (Phi) is 3.47. The number of aliphatic hydroxyl groups is 1. The second kappa shape index (κ2) is 4.09. The Morgan fingerprint density at radius 2 is 1.94 bits per heavy atom. The van der Waals surface area contributed by atoms with Crippen LogP contribution in [0.2, 0.25) is 0 Å². The standard InChI is InChI=1S/C10H18O5S/c1-6(2)7-4-5-10(3,12)9(8(7)11)16(13,14)15/h6-7,9,12H,4-5H2,1-3H3,(H,13,14,15). The van der Waals surface area contributed by atoms with E-state index < -0.39 is 32.7 Å². The molecular formula is C10H18O5S. The first-order valence-electron chi connectivity index (χ1n) is 5.30. The Bertz CT molecular complexity index is 382. The Hall–Kier alpha value is -0.460. The smallest absolute Gasteiger partial charge is 0.277 e. The van der Waals surface area contributed by atoms with Gasteiger partial charge in [-0.25, -0.2) is 0 Å². The summed E-state index contributed by atoms with van der Waals surface area (Å²) >= 11 is 0. The third-order valence-electron chi connectivity index (χ3n) is 3.25. The number of carbonyl (C=O) groups excluding carboxylic acids is 1. The summed E-state index contributed by atoms with van der Waals surface area (Å²) in [6.45, 7) is 4.92. The SMILES string of the molecule is CC(C)C1CCC(C)(O)C(S(=O)(=O)O)C1=O. The lowest BCUT2D eigenvalue weighted by Crippen LogP contribution is -2.55. The minimum Gasteiger partial charge on any atom is -0.388 e. The summed E-state index contributed by atoms with van der Waals surface area (Å²) in [7, 11) is -4.55. The van der Waals surface area contributed by atoms with Gasteiger partial charge in [-0.3, -0.25) is 9.35 Å². The van der Waals surface area contributed by atoms with E-state index in [0.29, 0.717) is 6.42 Å². The zero-order chi connectivity index (χ0) is 12.7. The Balaban J connectivity index is 3.13. The van der Waals surface area contributed by atoms with Crippen LogP contribution in [0, 0.1) is 11.8 Å². The third-order valence-corrected chi connectivity index (χ3v) is 4.59. The molecule has 0 amide bonds. The van der Waals surface area contributed by atoms with Gasteiger partial charge >= 0.3 is 0 Å². The maximum Gasteiger partial charge on any atom is 0.277 e. The summed E-state index contributed by atoms with van der Waals surface area (Å²) in [4.78, 5) is 11.9. The summed E-state index contributed by atoms with van der Waals surface area (Å²) in [5.41, 5.74) is -1.67. The molecule has 3 unspecified atom stereocenters. The lowest BCUT2D eigenvalue weighted by molar-refractivity contribution is -0.133. The first-order chi connectivity index (χ1) is 7.07. The molecule has 16 heavy (non-hydrogen) atoms. The van der Waals surface area contributed by atoms with Crippen LogP contribution in [0.15, 0.2) is 0 Å². The van der Waals surface area contributed by atoms with E-state index in [1.807, 2.05) is 13.8 Å². The van der Waals surface area contributed by atoms with Gasteiger partial charge in [-0.15, -0.1) is 0 Å². The summed E-state index contributed by atoms with van der Waals surface area (Å²) in [5, 5.41) is 8.17. The van der Waals surface area contributed by atoms with Gasteiger partial charge in [0.25, 0.3) is 10.1 Å². The highest BCUT2D eigenvalue weighted by Gasteiger charge is 2.52. The lowest BCUT2D eigenvalue weighted by Gasteiger charge is -2.38. The Morgan fingerprint density at radius 3 is 2.31 bits per heavy atom. The molecule has 0 aliphatic heterocycles. The van der Waals surface area contributed by atoms with Crippen LogP contribution in [-0.2, 0) is 14.9 Å². The lowest BCUT2D eigenvalue weighted by atomic mass is 9.74. The molecule has 1 fully saturated rings. The van der Waals surface area contributed by atoms with Gasteiger partial charge in [-0.1, -0.05) is 13.8 Å². The minimum atomic E-state index is -4.55. The van der Waals surface area contributed by atoms with E-state index in [-0.39, 0.29) is 12.3 Å². The number of carbonyl (C=O) groups is 1. The number of hydrogen-bond acceptors (Lipinski definition) is 4. The summed E-state index contributed by atoms with van der Waals surface area (Å²) < 4.78 is 31.3. The van der Waals surface area contributed by atoms with E-state index in [4.69, 9.17) is 4.55 Å². The second-order valence-electron chi connectivity index (χ2n) is 5.04. The van der Waals surface area contributed by atoms with Gasteiger partial charge in [0.05, 0.1) is 5.60 Å². The van der Waals surface area contributed by atoms with Gasteiger partial charge in [-0.2, -0.15) is 8.42 Å². The van der Waals surface area contributed by atoms with E-state index in [1.165, 1.54) is 6.92 Å². The van der Waals surface area contributed by atoms with Crippen LogP contribution >= 0.6 is 0 Å². The maximum absolute atomic E-state index is 11.9. The van der Waals surface area contributed by atoms with Crippen LogP contribution in [0.3, 0.4) is 0 Å². The normalized spacial score (nSPS) is 36.8. The molecule has 3 atom stereocenters. The Morgan fingerprint density at radius 1 is 1.44 bits per heavy atom. The fourth-order valence-corrected chi connectivity index (χ4v) is 3.58. The van der Waals surface area contributed by atoms with Crippen LogP contribution < -0.4 is 0 Å². The van der Waals surface area contributed by atoms with Crippen molar-refractivity contribution in [1.29, 1.82) is 0 Å². The largest absolute Gasteiger partial charge is 0.388 e. The molecule has 0 aromatic carbocycles. The zero-order valence-electron chi connectivity index (χ0n) is 9.67. The van der Waals surface area contributed by atoms with Gasteiger partial charge in [0.2, 0.25) is 0 Å². The van der Waals surface area contributed by atoms with Gasteiger partial charge < -0.3 is 5.11 Å². The molecule has 0 aromatic rings. The first-order valence-corrected chi connectivity index (χ1v) is 6.80. The number of hydrogen-bond donors (Lipinski definition) is 2. The van der Waals surface area contributed by atoms with Crippen LogP contribution in [-0.4, -0.2) is 34.7 Å². The maximum atomic E-state index is 11.9. The van der Waals surface area contributed by atoms with E-state index in [1.54, 1.807) is 0 Å². The molecule has 0 radical (unpaired) electrons. The number of rotatable bonds is 2. The van der Waals surface area contributed by atoms with Crippen molar-refractivity contribution in [3.8, 4) is 0 Å². The molecule has 6 heteroatoms. The molecule has 2 N–H and O–H groups in total. The van der Waals surface area contributed by atoms with Crippen molar-refractivity contribution in [2.24, 2.45) is 11.8 Å². The molecule has 0 bridgehead atoms. The Labute approximate surface area is 95.6 Å². The van der Waals surface area contributed by atoms with Crippen molar-refractivity contribution in [3.05, 3.63) is 0 Å². The van der Waals surface area contributed by atoms with E-state index in [2.05, 4.69) is 0 Å². The predicted octanol–water partition coefficient (Wildman–Crippen LogP) is 0.629. The molecule has 0 aromatic heterocycles. The third kappa shape index (κ3) is 2.44. The highest BCUT2D eigenvalue weighted by Crippen LogP contribution is 2.36. The highest BCUT2D eigenvalue weighted by molar-refractivity contribution is 7.87. The molecule has 1 rings (SSSR count). The van der Waals surface area contributed by atoms with Gasteiger partial charge in [0, 0.05) is 5.92 Å². The predicted molar refractivity (Wildman–Crippen MR) is 58.5 cm³/mol. The molecule has 1 saturated carbocycles. The molecule has 94 valence electrons. The molecule has 5 nitrogen and oxygen atoms in total. The summed E-state index contributed by atoms with van der Waals surface area (Å²) in [5.74, 6) is -0.978. The van der Waals surface area contributed by atoms with Crippen LogP contribution in [0.1, 0.15) is 33.6 Å². The summed E-state index contributed by atoms with van der Waals surface area (Å²) in [6, 6.07) is 0. The van der Waals surface area contributed by atoms with Crippen molar-refractivity contribution in [1.82, 2.24) is 0 Å². The quantitative estimate of drug-likeness (QED) is 0.701. The summed E-state index contributed by atoms with van der Waals surface area (Å²) in [6.07, 6.45) is 0.654. The van der Waals surface area contributed by atoms with Crippen LogP contribution in [0.25, 0.3) is 0 Å². The molecule has 0 spiro atoms. The number of ketones is 1. The molecule has 1 aliphatic rings. The minimum absolute atomic E-state index is 0.00727. The molecular weight excluding hydrogens is 232 g/mol. The van der Waals surface area contributed by atoms with Crippen molar-refractivity contribution in [3.63, 3.8) is 0 Å². The van der Waals surface area contributed by atoms with Gasteiger partial charge in [0.15, 0.2) is 11.0 Å². The highest BCUT2D eigenvalue weighted by atomic mass is 32.2. The topological polar surface area (TPSA) is 91.7 Å². The fraction of sp³-hybridized carbons (Fsp3) is 0.900. The second-order valence-corrected chi connectivity index (χ2v) is 6.55. The fourth-order valence-electron chi connectivity index (χ4n) is 2.35. The van der Waals surface area contributed by atoms with Crippen molar-refractivity contribution >= 4 is 15.9 Å². The molecule has 0 heterocycles. The molecule has 0 saturated heterocycles. The number of Topliss-reactive ketones (excluding diaryl/α,β-unsaturated/α-hetero) is 1. The van der Waals surface area contributed by atoms with E-state index >= 15 is 0 Å². The van der Waals surface area contributed by atoms with Crippen molar-refractivity contribution in [2.75, 3.05) is 0 Å². The van der Waals surface area contributed by atoms with Gasteiger partial charge in [0.1, 0.15) is 0 Å². The zero-order valence-corrected chi connectivity index (χ0v) is 10.5. The monoisotopic (exact) mass is 250 g/mol. The van der Waals surface area contributed by atoms with Crippen molar-refractivity contribution in [2.45, 2.75) is 44.5 Å². The van der Waals surface area contributed by atoms with Crippen LogP contribution in [0.4, 0.5) is 0 Å². The van der Waals surface area contributed by atoms with E-state index in [9.17, 15) is 18.3 Å². The van der Waals surface area contributed by atoms with Crippen molar-refractivity contribution < 1.29 is 22.9 Å². The van der Waals surface area contributed by atoms with Crippen LogP contribution in [0.5, 0.6) is 0 Å². The average molecular weight is 250 g/mol. The first kappa shape index (κ1) is 13.6. The van der Waals surface area contributed by atoms with E-state index in [0.717, 1.165) is 0 Å². The average Bonchev–Trinajstić information content (AvgIpc) is 1.97. The van der Waals surface area contributed by atoms with Gasteiger partial charge in [-0.05, 0) is 25.7 Å².